The highest BCUT2D eigenvalue weighted by atomic mass is 31.2. The van der Waals surface area contributed by atoms with Gasteiger partial charge in [-0.15, -0.1) is 0 Å². The van der Waals surface area contributed by atoms with E-state index >= 15 is 0 Å². The van der Waals surface area contributed by atoms with Crippen molar-refractivity contribution in [3.8, 4) is 34.5 Å². The molecule has 0 aromatic heterocycles. The summed E-state index contributed by atoms with van der Waals surface area (Å²) in [7, 11) is -5.52. The number of benzene rings is 6. The number of hydrogen-bond acceptors (Lipinski definition) is 9. The Morgan fingerprint density at radius 1 is 0.233 bits per heavy atom. The topological polar surface area (TPSA) is 83.1 Å². The predicted octanol–water partition coefficient (Wildman–Crippen LogP) is 41.7. The second kappa shape index (κ2) is 70.0. The van der Waals surface area contributed by atoms with Crippen LogP contribution in [0.5, 0.6) is 34.5 Å². The van der Waals surface area contributed by atoms with Gasteiger partial charge in [-0.25, -0.2) is 0 Å². The van der Waals surface area contributed by atoms with Crippen LogP contribution in [-0.2, 0) is 49.1 Å². The molecule has 6 aromatic carbocycles. The average Bonchev–Trinajstić information content (AvgIpc) is 0.775. The van der Waals surface area contributed by atoms with Crippen LogP contribution in [0.3, 0.4) is 0 Å². The summed E-state index contributed by atoms with van der Waals surface area (Å²) in [5, 5.41) is 0. The van der Waals surface area contributed by atoms with Gasteiger partial charge >= 0.3 is 25.8 Å². The molecule has 12 heteroatoms. The van der Waals surface area contributed by atoms with E-state index in [1.54, 1.807) is 0 Å². The molecule has 4 atom stereocenters. The van der Waals surface area contributed by atoms with E-state index in [1.807, 2.05) is 0 Å². The van der Waals surface area contributed by atoms with Crippen molar-refractivity contribution in [3.63, 3.8) is 0 Å². The zero-order valence-corrected chi connectivity index (χ0v) is 91.9. The normalized spacial score (nSPS) is 13.2. The fraction of sp³-hybridized carbons (Fsp3) is 0.702. The van der Waals surface area contributed by atoms with Crippen molar-refractivity contribution < 1.29 is 40.7 Å². The van der Waals surface area contributed by atoms with Crippen LogP contribution in [0.15, 0.2) is 109 Å². The van der Waals surface area contributed by atoms with E-state index in [1.165, 1.54) is 347 Å². The molecule has 752 valence electrons. The van der Waals surface area contributed by atoms with Gasteiger partial charge in [-0.1, -0.05) is 474 Å². The Labute approximate surface area is 823 Å². The molecule has 9 nitrogen and oxygen atoms in total. The minimum atomic E-state index is -1.85. The van der Waals surface area contributed by atoms with E-state index in [0.29, 0.717) is 19.8 Å². The van der Waals surface area contributed by atoms with Gasteiger partial charge in [-0.2, -0.15) is 0 Å². The Morgan fingerprint density at radius 3 is 0.647 bits per heavy atom. The smallest absolute Gasteiger partial charge is 0.418 e. The third-order valence-corrected chi connectivity index (χ3v) is 30.6. The number of aryl methyl sites for hydroxylation is 6. The van der Waals surface area contributed by atoms with Crippen molar-refractivity contribution in [1.29, 1.82) is 0 Å². The van der Waals surface area contributed by atoms with Crippen LogP contribution in [0.4, 0.5) is 0 Å². The van der Waals surface area contributed by atoms with Crippen molar-refractivity contribution in [2.24, 2.45) is 0 Å². The highest BCUT2D eigenvalue weighted by molar-refractivity contribution is 7.43. The molecular formula is C121H199O9P3. The second-order valence-corrected chi connectivity index (χ2v) is 46.1. The highest BCUT2D eigenvalue weighted by Crippen LogP contribution is 2.53. The molecule has 0 saturated heterocycles. The van der Waals surface area contributed by atoms with Crippen LogP contribution in [0.25, 0.3) is 0 Å². The SMILES string of the molecule is CCCCCCCCCCCCCOP(Oc1ccc(CCCCCCCCC)cc1)Oc1cc(C)c(C(C)CC(c2cc(C(C)(C)C)c(OP(OCCCCCCCCCCCCC)Oc3ccc(CCCCCCCCC)cc3)cc2C)c2cc(C(C)(C)C)c(OP(OCCCCCCCCCCCCC)Oc3ccc(CCCCCCCCC)cc3)cc2C)cc1C(C)(C)C. The lowest BCUT2D eigenvalue weighted by Crippen LogP contribution is -2.19. The zero-order chi connectivity index (χ0) is 96.0. The molecule has 0 radical (unpaired) electrons. The maximum atomic E-state index is 7.37. The molecule has 0 saturated carbocycles. The highest BCUT2D eigenvalue weighted by Gasteiger charge is 2.35. The summed E-state index contributed by atoms with van der Waals surface area (Å²) in [5.41, 5.74) is 13.8. The van der Waals surface area contributed by atoms with Crippen molar-refractivity contribution >= 4 is 25.8 Å². The van der Waals surface area contributed by atoms with Crippen LogP contribution in [0.1, 0.15) is 543 Å². The first-order valence-corrected chi connectivity index (χ1v) is 58.8. The lowest BCUT2D eigenvalue weighted by atomic mass is 9.74. The third-order valence-electron chi connectivity index (χ3n) is 27.3. The van der Waals surface area contributed by atoms with Gasteiger partial charge in [-0.3, -0.25) is 13.6 Å². The molecule has 4 unspecified atom stereocenters. The van der Waals surface area contributed by atoms with Gasteiger partial charge in [0.25, 0.3) is 0 Å². The Morgan fingerprint density at radius 2 is 0.429 bits per heavy atom. The molecule has 0 heterocycles. The molecular weight excluding hydrogens is 1690 g/mol. The Hall–Kier alpha value is -4.71. The van der Waals surface area contributed by atoms with Crippen LogP contribution in [0.2, 0.25) is 0 Å². The number of rotatable bonds is 80. The average molecular weight is 1890 g/mol. The molecule has 133 heavy (non-hydrogen) atoms. The maximum absolute atomic E-state index is 7.37. The zero-order valence-electron chi connectivity index (χ0n) is 89.2. The van der Waals surface area contributed by atoms with E-state index in [9.17, 15) is 0 Å². The summed E-state index contributed by atoms with van der Waals surface area (Å²) in [6, 6.07) is 40.8. The van der Waals surface area contributed by atoms with Gasteiger partial charge in [0.2, 0.25) is 0 Å². The number of hydrogen-bond donors (Lipinski definition) is 0. The van der Waals surface area contributed by atoms with Crippen molar-refractivity contribution in [2.45, 2.75) is 532 Å². The summed E-state index contributed by atoms with van der Waals surface area (Å²) < 4.78 is 63.6. The summed E-state index contributed by atoms with van der Waals surface area (Å²) in [6.07, 6.45) is 73.3. The van der Waals surface area contributed by atoms with E-state index < -0.39 is 25.8 Å². The fourth-order valence-electron chi connectivity index (χ4n) is 18.7. The molecule has 6 aromatic rings. The first kappa shape index (κ1) is 117. The minimum absolute atomic E-state index is 0.0786. The molecule has 0 aliphatic carbocycles. The quantitative estimate of drug-likeness (QED) is 0.0274. The van der Waals surface area contributed by atoms with Crippen molar-refractivity contribution in [3.05, 3.63) is 176 Å². The molecule has 0 aliphatic heterocycles. The maximum Gasteiger partial charge on any atom is 0.463 e. The van der Waals surface area contributed by atoms with E-state index in [0.717, 1.165) is 127 Å². The van der Waals surface area contributed by atoms with Gasteiger partial charge in [-0.05, 0) is 212 Å². The Bertz CT molecular complexity index is 3730. The summed E-state index contributed by atoms with van der Waals surface area (Å²) in [4.78, 5) is 0. The predicted molar refractivity (Wildman–Crippen MR) is 581 cm³/mol. The minimum Gasteiger partial charge on any atom is -0.418 e. The van der Waals surface area contributed by atoms with Crippen molar-refractivity contribution in [2.75, 3.05) is 19.8 Å². The molecule has 6 rings (SSSR count). The van der Waals surface area contributed by atoms with Crippen LogP contribution in [0, 0.1) is 20.8 Å². The van der Waals surface area contributed by atoms with Crippen molar-refractivity contribution in [1.82, 2.24) is 0 Å². The lowest BCUT2D eigenvalue weighted by molar-refractivity contribution is 0.256. The first-order chi connectivity index (χ1) is 64.4. The van der Waals surface area contributed by atoms with Crippen LogP contribution in [-0.4, -0.2) is 19.8 Å². The van der Waals surface area contributed by atoms with Gasteiger partial charge in [0.05, 0.1) is 19.8 Å². The fourth-order valence-corrected chi connectivity index (χ4v) is 21.8. The molecule has 0 amide bonds. The van der Waals surface area contributed by atoms with E-state index in [-0.39, 0.29) is 28.1 Å². The largest absolute Gasteiger partial charge is 0.463 e. The molecule has 0 fully saturated rings. The molecule has 0 aliphatic rings. The van der Waals surface area contributed by atoms with Gasteiger partial charge < -0.3 is 27.1 Å². The van der Waals surface area contributed by atoms with E-state index in [4.69, 9.17) is 40.7 Å². The summed E-state index contributed by atoms with van der Waals surface area (Å²) >= 11 is 0. The van der Waals surface area contributed by atoms with Gasteiger partial charge in [0.1, 0.15) is 34.5 Å². The van der Waals surface area contributed by atoms with Crippen LogP contribution < -0.4 is 27.1 Å². The van der Waals surface area contributed by atoms with Crippen LogP contribution >= 0.6 is 25.8 Å². The van der Waals surface area contributed by atoms with E-state index in [2.05, 4.69) is 241 Å². The summed E-state index contributed by atoms with van der Waals surface area (Å²) in [6.45, 7) is 45.9. The number of unbranched alkanes of at least 4 members (excludes halogenated alkanes) is 48. The first-order valence-electron chi connectivity index (χ1n) is 55.5. The lowest BCUT2D eigenvalue weighted by Gasteiger charge is -2.33. The molecule has 0 spiro atoms. The second-order valence-electron chi connectivity index (χ2n) is 42.9. The molecule has 0 N–H and O–H groups in total. The summed E-state index contributed by atoms with van der Waals surface area (Å²) in [5.74, 6) is 4.79. The Kier molecular flexibility index (Phi) is 61.6. The standard InChI is InChI=1S/C121H199O9P3/c1-20-26-32-38-44-47-50-53-59-65-71-89-122-131(125-106-83-77-103(78-84-106)74-68-62-56-41-35-29-23-4)128-116-93-100(8)109(96-113(116)119(11,12)13)99(7)92-112(110-97-114(120(14,15)16)117(94-101(110)9)129-132(123-90-72-66-60-54-51-48-45-39-33-27-21-2)126-107-85-79-104(80-86-107)75-69-63-57-42-36-30-24-5)111-98-115(121(17,18)19)118(95-102(111)10)130-133(124-91-73-67-61-55-52-49-46-40-34-28-22-3)127-108-87-81-105(82-88-108)76-70-64-58-43-37-31-25-6/h77-88,93-99,112H,20-76,89-92H2,1-19H3. The Balaban J connectivity index is 1.43. The monoisotopic (exact) mass is 1890 g/mol. The van der Waals surface area contributed by atoms with Gasteiger partial charge in [0.15, 0.2) is 0 Å². The molecule has 0 bridgehead atoms. The third kappa shape index (κ3) is 49.8. The van der Waals surface area contributed by atoms with Gasteiger partial charge in [0, 0.05) is 22.6 Å².